The van der Waals surface area contributed by atoms with Gasteiger partial charge in [0, 0.05) is 24.2 Å². The lowest BCUT2D eigenvalue weighted by molar-refractivity contribution is 0.0663. The van der Waals surface area contributed by atoms with Crippen LogP contribution in [0.25, 0.3) is 10.9 Å². The molecule has 0 saturated carbocycles. The van der Waals surface area contributed by atoms with E-state index in [4.69, 9.17) is 4.74 Å². The van der Waals surface area contributed by atoms with E-state index in [0.29, 0.717) is 12.4 Å². The number of ether oxygens (including phenoxy) is 1. The molecule has 1 heterocycles. The third-order valence-electron chi connectivity index (χ3n) is 2.64. The second-order valence-corrected chi connectivity index (χ2v) is 4.30. The van der Waals surface area contributed by atoms with Crippen molar-refractivity contribution in [1.29, 1.82) is 0 Å². The molecule has 0 atom stereocenters. The zero-order chi connectivity index (χ0) is 11.7. The Labute approximate surface area is 95.3 Å². The van der Waals surface area contributed by atoms with Crippen LogP contribution >= 0.6 is 0 Å². The van der Waals surface area contributed by atoms with E-state index in [1.165, 1.54) is 0 Å². The van der Waals surface area contributed by atoms with Gasteiger partial charge in [-0.05, 0) is 26.0 Å². The van der Waals surface area contributed by atoms with Crippen molar-refractivity contribution in [3.05, 3.63) is 30.0 Å². The van der Waals surface area contributed by atoms with Gasteiger partial charge >= 0.3 is 0 Å². The van der Waals surface area contributed by atoms with Crippen molar-refractivity contribution in [2.24, 2.45) is 7.05 Å². The molecule has 0 aliphatic rings. The Morgan fingerprint density at radius 2 is 2.12 bits per heavy atom. The van der Waals surface area contributed by atoms with Gasteiger partial charge in [-0.1, -0.05) is 6.07 Å². The number of aromatic nitrogens is 1. The average Bonchev–Trinajstić information content (AvgIpc) is 2.55. The molecule has 86 valence electrons. The van der Waals surface area contributed by atoms with Crippen molar-refractivity contribution in [3.8, 4) is 5.75 Å². The second kappa shape index (κ2) is 4.18. The number of hydrogen-bond acceptors (Lipinski definition) is 2. The van der Waals surface area contributed by atoms with Gasteiger partial charge in [0.05, 0.1) is 18.2 Å². The van der Waals surface area contributed by atoms with Crippen LogP contribution in [0.4, 0.5) is 0 Å². The normalized spacial score (nSPS) is 11.5. The lowest BCUT2D eigenvalue weighted by atomic mass is 10.1. The van der Waals surface area contributed by atoms with Crippen LogP contribution in [0.2, 0.25) is 0 Å². The summed E-state index contributed by atoms with van der Waals surface area (Å²) in [6.45, 7) is 4.54. The summed E-state index contributed by atoms with van der Waals surface area (Å²) >= 11 is 0. The van der Waals surface area contributed by atoms with Crippen LogP contribution in [0.1, 0.15) is 19.4 Å². The number of benzene rings is 1. The van der Waals surface area contributed by atoms with E-state index in [1.54, 1.807) is 6.07 Å². The lowest BCUT2D eigenvalue weighted by Crippen LogP contribution is -2.01. The summed E-state index contributed by atoms with van der Waals surface area (Å²) < 4.78 is 7.59. The highest BCUT2D eigenvalue weighted by atomic mass is 16.5. The molecule has 2 rings (SSSR count). The van der Waals surface area contributed by atoms with Crippen LogP contribution in [0, 0.1) is 0 Å². The Hall–Kier alpha value is -1.48. The molecule has 1 N–H and O–H groups in total. The molecule has 0 fully saturated rings. The van der Waals surface area contributed by atoms with Gasteiger partial charge in [0.2, 0.25) is 0 Å². The minimum absolute atomic E-state index is 0.195. The van der Waals surface area contributed by atoms with Crippen molar-refractivity contribution in [2.45, 2.75) is 26.6 Å². The third kappa shape index (κ3) is 1.91. The van der Waals surface area contributed by atoms with Gasteiger partial charge in [-0.15, -0.1) is 0 Å². The summed E-state index contributed by atoms with van der Waals surface area (Å²) in [6.07, 6.45) is 2.20. The average molecular weight is 219 g/mol. The summed E-state index contributed by atoms with van der Waals surface area (Å²) in [4.78, 5) is 0. The Kier molecular flexibility index (Phi) is 2.88. The van der Waals surface area contributed by atoms with E-state index < -0.39 is 0 Å². The van der Waals surface area contributed by atoms with Gasteiger partial charge in [-0.25, -0.2) is 0 Å². The maximum Gasteiger partial charge on any atom is 0.125 e. The number of fused-ring (bicyclic) bond motifs is 1. The summed E-state index contributed by atoms with van der Waals surface area (Å²) in [5.74, 6) is 0.320. The smallest absolute Gasteiger partial charge is 0.125 e. The van der Waals surface area contributed by atoms with Gasteiger partial charge in [0.1, 0.15) is 5.75 Å². The number of hydrogen-bond donors (Lipinski definition) is 1. The fourth-order valence-corrected chi connectivity index (χ4v) is 1.88. The number of aromatic hydroxyl groups is 1. The molecule has 0 radical (unpaired) electrons. The van der Waals surface area contributed by atoms with Crippen LogP contribution < -0.4 is 0 Å². The molecule has 0 saturated heterocycles. The van der Waals surface area contributed by atoms with E-state index in [1.807, 2.05) is 43.8 Å². The summed E-state index contributed by atoms with van der Waals surface area (Å²) in [5.41, 5.74) is 2.06. The topological polar surface area (TPSA) is 34.4 Å². The zero-order valence-electron chi connectivity index (χ0n) is 9.90. The molecule has 0 spiro atoms. The number of phenols is 1. The molecule has 0 unspecified atom stereocenters. The highest BCUT2D eigenvalue weighted by molar-refractivity contribution is 5.89. The Morgan fingerprint density at radius 1 is 1.38 bits per heavy atom. The van der Waals surface area contributed by atoms with Gasteiger partial charge < -0.3 is 14.4 Å². The predicted octanol–water partition coefficient (Wildman–Crippen LogP) is 2.81. The van der Waals surface area contributed by atoms with Crippen LogP contribution in [0.3, 0.4) is 0 Å². The minimum atomic E-state index is 0.195. The Morgan fingerprint density at radius 3 is 2.81 bits per heavy atom. The molecule has 3 heteroatoms. The monoisotopic (exact) mass is 219 g/mol. The van der Waals surface area contributed by atoms with E-state index in [9.17, 15) is 5.11 Å². The fraction of sp³-hybridized carbons (Fsp3) is 0.385. The van der Waals surface area contributed by atoms with Crippen molar-refractivity contribution in [3.63, 3.8) is 0 Å². The van der Waals surface area contributed by atoms with Crippen LogP contribution in [-0.2, 0) is 18.4 Å². The number of phenolic OH excluding ortho intramolecular Hbond substituents is 1. The molecule has 1 aromatic carbocycles. The standard InChI is InChI=1S/C13H17NO2/c1-9(2)16-8-10-7-14(3)11-5-4-6-12(15)13(10)11/h4-7,9,15H,8H2,1-3H3. The molecular weight excluding hydrogens is 202 g/mol. The van der Waals surface area contributed by atoms with Crippen LogP contribution in [-0.4, -0.2) is 15.8 Å². The van der Waals surface area contributed by atoms with Crippen molar-refractivity contribution in [2.75, 3.05) is 0 Å². The predicted molar refractivity (Wildman–Crippen MR) is 64.5 cm³/mol. The second-order valence-electron chi connectivity index (χ2n) is 4.30. The van der Waals surface area contributed by atoms with Gasteiger partial charge in [0.25, 0.3) is 0 Å². The van der Waals surface area contributed by atoms with Gasteiger partial charge in [-0.3, -0.25) is 0 Å². The first-order chi connectivity index (χ1) is 7.59. The first-order valence-corrected chi connectivity index (χ1v) is 5.47. The molecular formula is C13H17NO2. The summed E-state index contributed by atoms with van der Waals surface area (Å²) in [7, 11) is 1.97. The SMILES string of the molecule is CC(C)OCc1cn(C)c2cccc(O)c12. The van der Waals surface area contributed by atoms with Crippen molar-refractivity contribution < 1.29 is 9.84 Å². The van der Waals surface area contributed by atoms with Crippen LogP contribution in [0.15, 0.2) is 24.4 Å². The minimum Gasteiger partial charge on any atom is -0.507 e. The molecule has 16 heavy (non-hydrogen) atoms. The Bertz CT molecular complexity index is 500. The van der Waals surface area contributed by atoms with Crippen molar-refractivity contribution >= 4 is 10.9 Å². The van der Waals surface area contributed by atoms with E-state index in [0.717, 1.165) is 16.5 Å². The first-order valence-electron chi connectivity index (χ1n) is 5.47. The van der Waals surface area contributed by atoms with E-state index in [2.05, 4.69) is 0 Å². The molecule has 0 aliphatic carbocycles. The van der Waals surface area contributed by atoms with Crippen LogP contribution in [0.5, 0.6) is 5.75 Å². The molecule has 0 aliphatic heterocycles. The summed E-state index contributed by atoms with van der Waals surface area (Å²) in [5, 5.41) is 10.8. The number of rotatable bonds is 3. The van der Waals surface area contributed by atoms with E-state index >= 15 is 0 Å². The number of nitrogens with zero attached hydrogens (tertiary/aromatic N) is 1. The lowest BCUT2D eigenvalue weighted by Gasteiger charge is -2.06. The summed E-state index contributed by atoms with van der Waals surface area (Å²) in [6, 6.07) is 5.56. The Balaban J connectivity index is 2.45. The highest BCUT2D eigenvalue weighted by Gasteiger charge is 2.10. The highest BCUT2D eigenvalue weighted by Crippen LogP contribution is 2.29. The van der Waals surface area contributed by atoms with Gasteiger partial charge in [0.15, 0.2) is 0 Å². The molecule has 0 bridgehead atoms. The maximum atomic E-state index is 9.86. The zero-order valence-corrected chi connectivity index (χ0v) is 9.90. The fourth-order valence-electron chi connectivity index (χ4n) is 1.88. The first kappa shape index (κ1) is 11.0. The molecule has 0 amide bonds. The van der Waals surface area contributed by atoms with Crippen molar-refractivity contribution in [1.82, 2.24) is 4.57 Å². The molecule has 1 aromatic heterocycles. The third-order valence-corrected chi connectivity index (χ3v) is 2.64. The molecule has 2 aromatic rings. The number of aryl methyl sites for hydroxylation is 1. The maximum absolute atomic E-state index is 9.86. The quantitative estimate of drug-likeness (QED) is 0.861. The van der Waals surface area contributed by atoms with Gasteiger partial charge in [-0.2, -0.15) is 0 Å². The van der Waals surface area contributed by atoms with E-state index in [-0.39, 0.29) is 6.10 Å². The largest absolute Gasteiger partial charge is 0.507 e. The molecule has 3 nitrogen and oxygen atoms in total.